The Hall–Kier alpha value is -1.08. The minimum atomic E-state index is -0.245. The molecule has 0 aliphatic rings. The van der Waals surface area contributed by atoms with Crippen molar-refractivity contribution in [1.29, 1.82) is 0 Å². The summed E-state index contributed by atoms with van der Waals surface area (Å²) in [5.41, 5.74) is 0. The molecular formula is C14H33NO5S. The van der Waals surface area contributed by atoms with E-state index in [0.717, 1.165) is 0 Å². The third-order valence-corrected chi connectivity index (χ3v) is 1.14. The molecular weight excluding hydrogens is 294 g/mol. The zero-order chi connectivity index (χ0) is 18.3. The highest BCUT2D eigenvalue weighted by molar-refractivity contribution is 7.97. The molecule has 0 saturated carbocycles. The predicted molar refractivity (Wildman–Crippen MR) is 90.8 cm³/mol. The molecule has 0 unspecified atom stereocenters. The van der Waals surface area contributed by atoms with Gasteiger partial charge in [-0.15, -0.1) is 0 Å². The summed E-state index contributed by atoms with van der Waals surface area (Å²) in [6.45, 7) is 6.27. The molecule has 0 saturated heterocycles. The van der Waals surface area contributed by atoms with Gasteiger partial charge in [-0.2, -0.15) is 11.8 Å². The number of hydrogen-bond donors (Lipinski definition) is 1. The van der Waals surface area contributed by atoms with E-state index in [-0.39, 0.29) is 17.7 Å². The lowest BCUT2D eigenvalue weighted by Gasteiger charge is -1.80. The van der Waals surface area contributed by atoms with Crippen LogP contribution in [0.4, 0.5) is 0 Å². The van der Waals surface area contributed by atoms with Gasteiger partial charge in [-0.05, 0) is 19.4 Å². The molecule has 0 aliphatic heterocycles. The fourth-order valence-corrected chi connectivity index (χ4v) is 0. The monoisotopic (exact) mass is 327 g/mol. The third kappa shape index (κ3) is 224. The van der Waals surface area contributed by atoms with Crippen LogP contribution >= 0.6 is 11.8 Å². The van der Waals surface area contributed by atoms with Crippen molar-refractivity contribution < 1.29 is 23.9 Å². The van der Waals surface area contributed by atoms with Crippen molar-refractivity contribution in [2.45, 2.75) is 34.1 Å². The van der Waals surface area contributed by atoms with E-state index in [4.69, 9.17) is 0 Å². The molecule has 0 radical (unpaired) electrons. The topological polar surface area (TPSA) is 81.7 Å². The first kappa shape index (κ1) is 32.0. The van der Waals surface area contributed by atoms with Crippen molar-refractivity contribution in [3.63, 3.8) is 0 Å². The standard InChI is InChI=1S/C4H8O.C3H7NO.C3H6O2.C2H6O.C2H6S/c1-3-4(2)5;1-3(5)4-2;1-3(4)5-2;2*1-3-2/h3H2,1-2H3;1-2H3,(H,4,5);1-2H3;2*1-2H3. The van der Waals surface area contributed by atoms with Gasteiger partial charge in [-0.3, -0.25) is 9.59 Å². The second-order valence-corrected chi connectivity index (χ2v) is 4.19. The minimum Gasteiger partial charge on any atom is -0.469 e. The van der Waals surface area contributed by atoms with Crippen LogP contribution in [0.1, 0.15) is 34.1 Å². The SMILES string of the molecule is CCC(C)=O.CNC(C)=O.COC.COC(C)=O.CSC. The zero-order valence-electron chi connectivity index (χ0n) is 15.2. The van der Waals surface area contributed by atoms with Gasteiger partial charge in [0.25, 0.3) is 0 Å². The fourth-order valence-electron chi connectivity index (χ4n) is 0. The molecule has 0 spiro atoms. The average molecular weight is 327 g/mol. The molecule has 21 heavy (non-hydrogen) atoms. The normalized spacial score (nSPS) is 6.76. The molecule has 6 nitrogen and oxygen atoms in total. The Kier molecular flexibility index (Phi) is 55.5. The summed E-state index contributed by atoms with van der Waals surface area (Å²) >= 11 is 1.75. The Labute approximate surface area is 134 Å². The fraction of sp³-hybridized carbons (Fsp3) is 0.786. The number of esters is 1. The lowest BCUT2D eigenvalue weighted by Crippen LogP contribution is -2.11. The van der Waals surface area contributed by atoms with E-state index >= 15 is 0 Å². The van der Waals surface area contributed by atoms with Crippen molar-refractivity contribution in [3.05, 3.63) is 0 Å². The highest BCUT2D eigenvalue weighted by atomic mass is 32.2. The summed E-state index contributed by atoms with van der Waals surface area (Å²) in [5.74, 6) is 0.0139. The lowest BCUT2D eigenvalue weighted by atomic mass is 10.4. The molecule has 1 amide bonds. The molecule has 0 aliphatic carbocycles. The molecule has 0 aromatic rings. The van der Waals surface area contributed by atoms with Crippen LogP contribution in [0.3, 0.4) is 0 Å². The number of amides is 1. The van der Waals surface area contributed by atoms with E-state index in [0.29, 0.717) is 6.42 Å². The molecule has 0 heterocycles. The highest BCUT2D eigenvalue weighted by Crippen LogP contribution is 1.71. The molecule has 1 N–H and O–H groups in total. The quantitative estimate of drug-likeness (QED) is 0.743. The maximum atomic E-state index is 9.81. The van der Waals surface area contributed by atoms with Gasteiger partial charge in [0.2, 0.25) is 5.91 Å². The number of ketones is 1. The van der Waals surface area contributed by atoms with E-state index in [2.05, 4.69) is 14.8 Å². The summed E-state index contributed by atoms with van der Waals surface area (Å²) in [6.07, 6.45) is 4.75. The number of hydrogen-bond acceptors (Lipinski definition) is 6. The maximum Gasteiger partial charge on any atom is 0.302 e. The first-order valence-electron chi connectivity index (χ1n) is 6.17. The Balaban J connectivity index is -0.0000000519. The van der Waals surface area contributed by atoms with Crippen LogP contribution < -0.4 is 5.32 Å². The van der Waals surface area contributed by atoms with Crippen molar-refractivity contribution in [3.8, 4) is 0 Å². The Morgan fingerprint density at radius 2 is 1.14 bits per heavy atom. The Morgan fingerprint density at radius 3 is 1.14 bits per heavy atom. The second kappa shape index (κ2) is 36.4. The van der Waals surface area contributed by atoms with E-state index < -0.39 is 0 Å². The van der Waals surface area contributed by atoms with Gasteiger partial charge in [0, 0.05) is 41.5 Å². The van der Waals surface area contributed by atoms with Gasteiger partial charge in [-0.25, -0.2) is 0 Å². The molecule has 0 aromatic carbocycles. The number of ether oxygens (including phenoxy) is 2. The maximum absolute atomic E-state index is 9.81. The molecule has 0 fully saturated rings. The number of rotatable bonds is 1. The number of carbonyl (C=O) groups is 3. The largest absolute Gasteiger partial charge is 0.469 e. The van der Waals surface area contributed by atoms with E-state index in [9.17, 15) is 14.4 Å². The third-order valence-electron chi connectivity index (χ3n) is 1.14. The van der Waals surface area contributed by atoms with E-state index in [1.54, 1.807) is 40.0 Å². The van der Waals surface area contributed by atoms with Crippen LogP contribution in [0.5, 0.6) is 0 Å². The van der Waals surface area contributed by atoms with Gasteiger partial charge in [-0.1, -0.05) is 6.92 Å². The van der Waals surface area contributed by atoms with Crippen LogP contribution in [0.15, 0.2) is 0 Å². The van der Waals surface area contributed by atoms with Crippen LogP contribution in [0, 0.1) is 0 Å². The Bertz CT molecular complexity index is 188. The summed E-state index contributed by atoms with van der Waals surface area (Å²) in [5, 5.41) is 2.39. The smallest absolute Gasteiger partial charge is 0.302 e. The second-order valence-electron chi connectivity index (χ2n) is 3.37. The number of nitrogens with one attached hydrogen (secondary N) is 1. The molecule has 0 atom stereocenters. The van der Waals surface area contributed by atoms with Crippen LogP contribution in [0.25, 0.3) is 0 Å². The van der Waals surface area contributed by atoms with Crippen LogP contribution in [-0.4, -0.2) is 58.5 Å². The number of carbonyl (C=O) groups excluding carboxylic acids is 3. The van der Waals surface area contributed by atoms with Gasteiger partial charge < -0.3 is 19.6 Å². The van der Waals surface area contributed by atoms with E-state index in [1.165, 1.54) is 21.0 Å². The van der Waals surface area contributed by atoms with Crippen LogP contribution in [0.2, 0.25) is 0 Å². The van der Waals surface area contributed by atoms with Gasteiger partial charge >= 0.3 is 5.97 Å². The highest BCUT2D eigenvalue weighted by Gasteiger charge is 1.77. The van der Waals surface area contributed by atoms with E-state index in [1.807, 2.05) is 19.4 Å². The predicted octanol–water partition coefficient (Wildman–Crippen LogP) is 2.16. The first-order valence-corrected chi connectivity index (χ1v) is 7.80. The number of methoxy groups -OCH3 is 2. The summed E-state index contributed by atoms with van der Waals surface area (Å²) in [6, 6.07) is 0. The Morgan fingerprint density at radius 1 is 1.00 bits per heavy atom. The van der Waals surface area contributed by atoms with Crippen molar-refractivity contribution in [2.24, 2.45) is 0 Å². The van der Waals surface area contributed by atoms with Gasteiger partial charge in [0.1, 0.15) is 5.78 Å². The molecule has 0 rings (SSSR count). The van der Waals surface area contributed by atoms with Gasteiger partial charge in [0.15, 0.2) is 0 Å². The number of thioether (sulfide) groups is 1. The van der Waals surface area contributed by atoms with Gasteiger partial charge in [0.05, 0.1) is 7.11 Å². The molecule has 7 heteroatoms. The van der Waals surface area contributed by atoms with Crippen molar-refractivity contribution in [1.82, 2.24) is 5.32 Å². The summed E-state index contributed by atoms with van der Waals surface area (Å²) < 4.78 is 8.36. The molecule has 0 bridgehead atoms. The molecule has 0 aromatic heterocycles. The van der Waals surface area contributed by atoms with Crippen molar-refractivity contribution in [2.75, 3.05) is 40.9 Å². The average Bonchev–Trinajstić information content (AvgIpc) is 2.41. The lowest BCUT2D eigenvalue weighted by molar-refractivity contribution is -0.138. The summed E-state index contributed by atoms with van der Waals surface area (Å²) in [4.78, 5) is 29.1. The summed E-state index contributed by atoms with van der Waals surface area (Å²) in [7, 11) is 6.20. The minimum absolute atomic E-state index is 0.00463. The van der Waals surface area contributed by atoms with Crippen molar-refractivity contribution >= 4 is 29.4 Å². The zero-order valence-corrected chi connectivity index (χ0v) is 16.0. The number of Topliss-reactive ketones (excluding diaryl/α,β-unsaturated/α-hetero) is 1. The first-order chi connectivity index (χ1) is 9.64. The van der Waals surface area contributed by atoms with Crippen LogP contribution in [-0.2, 0) is 23.9 Å². The molecule has 130 valence electrons.